The van der Waals surface area contributed by atoms with E-state index in [1.807, 2.05) is 12.1 Å². The summed E-state index contributed by atoms with van der Waals surface area (Å²) in [5, 5.41) is 3.08. The molecule has 0 saturated carbocycles. The molecule has 0 aromatic carbocycles. The Morgan fingerprint density at radius 1 is 1.60 bits per heavy atom. The number of nitrogens with one attached hydrogen (secondary N) is 1. The van der Waals surface area contributed by atoms with Crippen LogP contribution < -0.4 is 11.1 Å². The Hall–Kier alpha value is -1.78. The lowest BCUT2D eigenvalue weighted by atomic mass is 10.2. The van der Waals surface area contributed by atoms with Crippen molar-refractivity contribution >= 4 is 17.5 Å². The topological polar surface area (TPSA) is 71.2 Å². The Balaban J connectivity index is 2.06. The van der Waals surface area contributed by atoms with E-state index >= 15 is 0 Å². The van der Waals surface area contributed by atoms with Gasteiger partial charge in [-0.05, 0) is 18.6 Å². The van der Waals surface area contributed by atoms with E-state index in [0.717, 1.165) is 13.0 Å². The number of nitrogens with zero attached hydrogens (tertiary/aromatic N) is 2. The number of pyridine rings is 1. The average Bonchev–Trinajstić information content (AvgIpc) is 2.50. The van der Waals surface area contributed by atoms with E-state index in [2.05, 4.69) is 10.3 Å². The number of likely N-dealkylation sites (tertiary alicyclic amines) is 1. The molecule has 0 spiro atoms. The van der Waals surface area contributed by atoms with Crippen molar-refractivity contribution < 1.29 is 4.79 Å². The first-order valence-electron chi connectivity index (χ1n) is 4.91. The highest BCUT2D eigenvalue weighted by Gasteiger charge is 2.28. The van der Waals surface area contributed by atoms with Gasteiger partial charge in [-0.2, -0.15) is 0 Å². The molecule has 1 aliphatic heterocycles. The second-order valence-electron chi connectivity index (χ2n) is 3.69. The minimum Gasteiger partial charge on any atom is -0.384 e. The fourth-order valence-corrected chi connectivity index (χ4v) is 1.67. The third-order valence-corrected chi connectivity index (χ3v) is 2.52. The number of carbonyl (C=O) groups is 1. The van der Waals surface area contributed by atoms with Gasteiger partial charge in [0.25, 0.3) is 0 Å². The van der Waals surface area contributed by atoms with Gasteiger partial charge in [-0.25, -0.2) is 4.98 Å². The van der Waals surface area contributed by atoms with Gasteiger partial charge in [0.15, 0.2) is 0 Å². The van der Waals surface area contributed by atoms with Crippen LogP contribution in [0.25, 0.3) is 0 Å². The summed E-state index contributed by atoms with van der Waals surface area (Å²) in [6, 6.07) is 5.17. The second-order valence-corrected chi connectivity index (χ2v) is 3.69. The maximum absolute atomic E-state index is 11.6. The van der Waals surface area contributed by atoms with Crippen LogP contribution in [0.4, 0.5) is 11.6 Å². The van der Waals surface area contributed by atoms with Crippen molar-refractivity contribution in [2.24, 2.45) is 0 Å². The molecular formula is C10H14N4O. The van der Waals surface area contributed by atoms with Gasteiger partial charge in [-0.1, -0.05) is 6.07 Å². The van der Waals surface area contributed by atoms with Crippen LogP contribution >= 0.6 is 0 Å². The van der Waals surface area contributed by atoms with E-state index in [0.29, 0.717) is 11.6 Å². The zero-order valence-corrected chi connectivity index (χ0v) is 8.60. The lowest BCUT2D eigenvalue weighted by molar-refractivity contribution is -0.127. The molecule has 1 saturated heterocycles. The average molecular weight is 206 g/mol. The number of aromatic nitrogens is 1. The summed E-state index contributed by atoms with van der Waals surface area (Å²) in [6.45, 7) is 0.790. The molecule has 1 amide bonds. The number of hydrogen-bond acceptors (Lipinski definition) is 4. The largest absolute Gasteiger partial charge is 0.384 e. The third-order valence-electron chi connectivity index (χ3n) is 2.52. The number of nitrogens with two attached hydrogens (primary N) is 1. The van der Waals surface area contributed by atoms with Crippen LogP contribution in [0, 0.1) is 0 Å². The molecule has 15 heavy (non-hydrogen) atoms. The van der Waals surface area contributed by atoms with Gasteiger partial charge in [-0.3, -0.25) is 4.79 Å². The molecule has 0 aliphatic carbocycles. The Kier molecular flexibility index (Phi) is 2.45. The standard InChI is InChI=1S/C10H14N4O/c1-14-6-5-7(10(14)15)12-9-4-2-3-8(11)13-9/h2-4,7H,5-6H2,1H3,(H3,11,12,13). The van der Waals surface area contributed by atoms with Gasteiger partial charge < -0.3 is 16.0 Å². The highest BCUT2D eigenvalue weighted by molar-refractivity contribution is 5.86. The van der Waals surface area contributed by atoms with Crippen molar-refractivity contribution in [1.82, 2.24) is 9.88 Å². The summed E-state index contributed by atoms with van der Waals surface area (Å²) in [4.78, 5) is 17.4. The van der Waals surface area contributed by atoms with Gasteiger partial charge in [-0.15, -0.1) is 0 Å². The van der Waals surface area contributed by atoms with Crippen molar-refractivity contribution in [2.75, 3.05) is 24.6 Å². The van der Waals surface area contributed by atoms with E-state index in [4.69, 9.17) is 5.73 Å². The molecule has 1 atom stereocenters. The number of rotatable bonds is 2. The molecule has 2 heterocycles. The van der Waals surface area contributed by atoms with E-state index < -0.39 is 0 Å². The van der Waals surface area contributed by atoms with Gasteiger partial charge >= 0.3 is 0 Å². The number of hydrogen-bond donors (Lipinski definition) is 2. The number of likely N-dealkylation sites (N-methyl/N-ethyl adjacent to an activating group) is 1. The predicted octanol–water partition coefficient (Wildman–Crippen LogP) is 0.306. The van der Waals surface area contributed by atoms with Gasteiger partial charge in [0.2, 0.25) is 5.91 Å². The molecule has 0 bridgehead atoms. The summed E-state index contributed by atoms with van der Waals surface area (Å²) >= 11 is 0. The molecule has 2 rings (SSSR count). The molecule has 5 nitrogen and oxygen atoms in total. The van der Waals surface area contributed by atoms with E-state index in [1.54, 1.807) is 18.0 Å². The molecule has 1 fully saturated rings. The first-order chi connectivity index (χ1) is 7.16. The lowest BCUT2D eigenvalue weighted by Gasteiger charge is -2.12. The van der Waals surface area contributed by atoms with E-state index in [-0.39, 0.29) is 11.9 Å². The summed E-state index contributed by atoms with van der Waals surface area (Å²) in [5.41, 5.74) is 5.55. The van der Waals surface area contributed by atoms with E-state index in [1.165, 1.54) is 0 Å². The smallest absolute Gasteiger partial charge is 0.244 e. The summed E-state index contributed by atoms with van der Waals surface area (Å²) in [5.74, 6) is 1.22. The highest BCUT2D eigenvalue weighted by atomic mass is 16.2. The predicted molar refractivity (Wildman–Crippen MR) is 58.3 cm³/mol. The van der Waals surface area contributed by atoms with Crippen molar-refractivity contribution in [3.8, 4) is 0 Å². The van der Waals surface area contributed by atoms with Gasteiger partial charge in [0, 0.05) is 13.6 Å². The minimum atomic E-state index is -0.163. The number of carbonyl (C=O) groups excluding carboxylic acids is 1. The number of anilines is 2. The third kappa shape index (κ3) is 2.01. The Labute approximate surface area is 88.3 Å². The Morgan fingerprint density at radius 2 is 2.40 bits per heavy atom. The Bertz CT molecular complexity index is 379. The van der Waals surface area contributed by atoms with Crippen molar-refractivity contribution in [3.05, 3.63) is 18.2 Å². The van der Waals surface area contributed by atoms with Crippen LogP contribution in [-0.4, -0.2) is 35.4 Å². The first-order valence-corrected chi connectivity index (χ1v) is 4.91. The van der Waals surface area contributed by atoms with Crippen LogP contribution in [0.15, 0.2) is 18.2 Å². The first kappa shape index (κ1) is 9.76. The summed E-state index contributed by atoms with van der Waals surface area (Å²) in [6.07, 6.45) is 0.811. The van der Waals surface area contributed by atoms with Crippen molar-refractivity contribution in [2.45, 2.75) is 12.5 Å². The molecule has 1 aromatic heterocycles. The fraction of sp³-hybridized carbons (Fsp3) is 0.400. The molecule has 80 valence electrons. The quantitative estimate of drug-likeness (QED) is 0.730. The molecule has 0 radical (unpaired) electrons. The normalized spacial score (nSPS) is 20.7. The van der Waals surface area contributed by atoms with Crippen molar-refractivity contribution in [3.63, 3.8) is 0 Å². The molecule has 1 unspecified atom stereocenters. The monoisotopic (exact) mass is 206 g/mol. The molecule has 5 heteroatoms. The zero-order chi connectivity index (χ0) is 10.8. The summed E-state index contributed by atoms with van der Waals surface area (Å²) in [7, 11) is 1.80. The maximum Gasteiger partial charge on any atom is 0.244 e. The molecular weight excluding hydrogens is 192 g/mol. The molecule has 1 aliphatic rings. The van der Waals surface area contributed by atoms with Crippen LogP contribution in [0.5, 0.6) is 0 Å². The van der Waals surface area contributed by atoms with Crippen LogP contribution in [0.2, 0.25) is 0 Å². The van der Waals surface area contributed by atoms with Crippen LogP contribution in [0.3, 0.4) is 0 Å². The fourth-order valence-electron chi connectivity index (χ4n) is 1.67. The zero-order valence-electron chi connectivity index (χ0n) is 8.60. The Morgan fingerprint density at radius 3 is 3.00 bits per heavy atom. The highest BCUT2D eigenvalue weighted by Crippen LogP contribution is 2.14. The minimum absolute atomic E-state index is 0.110. The van der Waals surface area contributed by atoms with Gasteiger partial charge in [0.05, 0.1) is 0 Å². The van der Waals surface area contributed by atoms with E-state index in [9.17, 15) is 4.79 Å². The molecule has 1 aromatic rings. The van der Waals surface area contributed by atoms with Crippen LogP contribution in [-0.2, 0) is 4.79 Å². The SMILES string of the molecule is CN1CCC(Nc2cccc(N)n2)C1=O. The van der Waals surface area contributed by atoms with Gasteiger partial charge in [0.1, 0.15) is 17.7 Å². The van der Waals surface area contributed by atoms with Crippen molar-refractivity contribution in [1.29, 1.82) is 0 Å². The second kappa shape index (κ2) is 3.76. The summed E-state index contributed by atoms with van der Waals surface area (Å²) < 4.78 is 0. The maximum atomic E-state index is 11.6. The number of amides is 1. The lowest BCUT2D eigenvalue weighted by Crippen LogP contribution is -2.31. The number of nitrogen functional groups attached to an aromatic ring is 1. The van der Waals surface area contributed by atoms with Crippen LogP contribution in [0.1, 0.15) is 6.42 Å². The molecule has 3 N–H and O–H groups in total.